The number of anilines is 1. The maximum Gasteiger partial charge on any atom is 0.460 e. The molecule has 0 atom stereocenters. The summed E-state index contributed by atoms with van der Waals surface area (Å²) in [5.74, 6) is -61.9. The van der Waals surface area contributed by atoms with E-state index in [0.29, 0.717) is 5.56 Å². The molecule has 1 heterocycles. The van der Waals surface area contributed by atoms with Crippen molar-refractivity contribution in [3.8, 4) is 0 Å². The summed E-state index contributed by atoms with van der Waals surface area (Å²) < 4.78 is 226. The summed E-state index contributed by atoms with van der Waals surface area (Å²) in [6.07, 6.45) is -7.84. The number of thiazole rings is 1. The smallest absolute Gasteiger partial charge is 0.296 e. The summed E-state index contributed by atoms with van der Waals surface area (Å²) in [7, 11) is 0. The summed E-state index contributed by atoms with van der Waals surface area (Å²) in [4.78, 5) is 15.0. The molecule has 0 spiro atoms. The highest BCUT2D eigenvalue weighted by atomic mass is 32.1. The molecule has 0 saturated heterocycles. The first-order valence-electron chi connectivity index (χ1n) is 9.01. The summed E-state index contributed by atoms with van der Waals surface area (Å²) in [6, 6.07) is 3.82. The third-order valence-electron chi connectivity index (χ3n) is 4.77. The van der Waals surface area contributed by atoms with E-state index in [4.69, 9.17) is 0 Å². The van der Waals surface area contributed by atoms with Crippen LogP contribution in [0, 0.1) is 6.92 Å². The number of benzene rings is 1. The lowest BCUT2D eigenvalue weighted by Gasteiger charge is -2.42. The number of amides is 1. The van der Waals surface area contributed by atoms with Crippen molar-refractivity contribution in [1.82, 2.24) is 4.98 Å². The highest BCUT2D eigenvalue weighted by Crippen LogP contribution is 2.64. The van der Waals surface area contributed by atoms with E-state index in [1.165, 1.54) is 25.1 Å². The first kappa shape index (κ1) is 31.6. The lowest BCUT2D eigenvalue weighted by molar-refractivity contribution is -0.459. The number of hydrogen-bond donors (Lipinski definition) is 1. The van der Waals surface area contributed by atoms with Crippen LogP contribution < -0.4 is 5.32 Å². The Morgan fingerprint density at radius 1 is 0.684 bits per heavy atom. The lowest BCUT2D eigenvalue weighted by Crippen LogP contribution is -2.75. The van der Waals surface area contributed by atoms with Crippen molar-refractivity contribution >= 4 is 32.6 Å². The minimum absolute atomic E-state index is 0.0553. The van der Waals surface area contributed by atoms with E-state index in [-0.39, 0.29) is 21.6 Å². The second kappa shape index (κ2) is 8.70. The van der Waals surface area contributed by atoms with E-state index >= 15 is 0 Å². The Balaban J connectivity index is 2.52. The Bertz CT molecular complexity index is 1220. The van der Waals surface area contributed by atoms with Gasteiger partial charge in [0.05, 0.1) is 10.2 Å². The number of carbonyl (C=O) groups is 1. The number of halogens is 17. The van der Waals surface area contributed by atoms with E-state index in [1.54, 1.807) is 0 Å². The van der Waals surface area contributed by atoms with Gasteiger partial charge in [-0.2, -0.15) is 74.6 Å². The number of alkyl halides is 17. The van der Waals surface area contributed by atoms with Crippen molar-refractivity contribution in [3.63, 3.8) is 0 Å². The Hall–Kier alpha value is -2.61. The minimum atomic E-state index is -8.76. The second-order valence-corrected chi connectivity index (χ2v) is 8.49. The Morgan fingerprint density at radius 2 is 1.11 bits per heavy atom. The number of hydrogen-bond acceptors (Lipinski definition) is 3. The van der Waals surface area contributed by atoms with Gasteiger partial charge in [-0.15, -0.1) is 0 Å². The first-order chi connectivity index (χ1) is 16.6. The van der Waals surface area contributed by atoms with E-state index in [1.807, 2.05) is 0 Å². The highest BCUT2D eigenvalue weighted by molar-refractivity contribution is 7.22. The molecule has 1 aromatic heterocycles. The molecule has 1 N–H and O–H groups in total. The third kappa shape index (κ3) is 4.19. The second-order valence-electron chi connectivity index (χ2n) is 7.46. The summed E-state index contributed by atoms with van der Waals surface area (Å²) >= 11 is 0.226. The zero-order valence-electron chi connectivity index (χ0n) is 17.4. The van der Waals surface area contributed by atoms with Crippen LogP contribution in [-0.2, 0) is 4.79 Å². The minimum Gasteiger partial charge on any atom is -0.296 e. The average Bonchev–Trinajstić information content (AvgIpc) is 3.13. The number of aryl methyl sites for hydroxylation is 1. The fourth-order valence-electron chi connectivity index (χ4n) is 2.57. The highest BCUT2D eigenvalue weighted by Gasteiger charge is 2.95. The molecule has 0 unspecified atom stereocenters. The molecule has 0 aliphatic carbocycles. The van der Waals surface area contributed by atoms with Gasteiger partial charge >= 0.3 is 53.5 Å². The Labute approximate surface area is 201 Å². The summed E-state index contributed by atoms with van der Waals surface area (Å²) in [5.41, 5.74) is 0.377. The van der Waals surface area contributed by atoms with Crippen molar-refractivity contribution in [2.45, 2.75) is 54.6 Å². The molecule has 1 aromatic carbocycles. The van der Waals surface area contributed by atoms with Gasteiger partial charge in [0.1, 0.15) is 0 Å². The van der Waals surface area contributed by atoms with E-state index in [0.717, 1.165) is 5.32 Å². The van der Waals surface area contributed by atoms with Crippen LogP contribution in [0.3, 0.4) is 0 Å². The Morgan fingerprint density at radius 3 is 1.55 bits per heavy atom. The molecule has 0 fully saturated rings. The molecule has 2 aromatic rings. The van der Waals surface area contributed by atoms with Gasteiger partial charge in [0.25, 0.3) is 0 Å². The third-order valence-corrected chi connectivity index (χ3v) is 5.71. The number of nitrogens with zero attached hydrogens (tertiary/aromatic N) is 1. The standard InChI is InChI=1S/C17H7F17N2OS/c1-5-2-3-6-7(4-5)38-9(35-6)36-8(37)10(18,19)11(20,21)12(22,23)13(24,25)14(26,27)15(28,29)16(30,31)17(32,33)34/h2-4H,1H3,(H,35,36,37). The molecule has 1 amide bonds. The maximum absolute atomic E-state index is 14.0. The molecule has 216 valence electrons. The largest absolute Gasteiger partial charge is 0.460 e. The molecule has 21 heteroatoms. The normalized spacial score (nSPS) is 15.2. The van der Waals surface area contributed by atoms with Crippen LogP contribution in [0.25, 0.3) is 10.2 Å². The number of nitrogens with one attached hydrogen (secondary N) is 1. The fourth-order valence-corrected chi connectivity index (χ4v) is 3.53. The van der Waals surface area contributed by atoms with E-state index in [9.17, 15) is 79.4 Å². The van der Waals surface area contributed by atoms with Crippen molar-refractivity contribution in [2.24, 2.45) is 0 Å². The summed E-state index contributed by atoms with van der Waals surface area (Å²) in [6.45, 7) is 1.48. The van der Waals surface area contributed by atoms with Crippen LogP contribution in [0.2, 0.25) is 0 Å². The van der Waals surface area contributed by atoms with Crippen molar-refractivity contribution < 1.29 is 79.4 Å². The molecule has 2 rings (SSSR count). The van der Waals surface area contributed by atoms with Gasteiger partial charge in [-0.05, 0) is 24.6 Å². The van der Waals surface area contributed by atoms with Crippen molar-refractivity contribution in [3.05, 3.63) is 23.8 Å². The molecule has 0 radical (unpaired) electrons. The monoisotopic (exact) mass is 610 g/mol. The zero-order valence-corrected chi connectivity index (χ0v) is 18.2. The predicted molar refractivity (Wildman–Crippen MR) is 93.7 cm³/mol. The number of carbonyl (C=O) groups excluding carboxylic acids is 1. The van der Waals surface area contributed by atoms with Crippen molar-refractivity contribution in [2.75, 3.05) is 5.32 Å². The number of fused-ring (bicyclic) bond motifs is 1. The van der Waals surface area contributed by atoms with Crippen LogP contribution in [0.5, 0.6) is 0 Å². The van der Waals surface area contributed by atoms with E-state index in [2.05, 4.69) is 4.98 Å². The first-order valence-corrected chi connectivity index (χ1v) is 9.83. The average molecular weight is 610 g/mol. The van der Waals surface area contributed by atoms with Crippen LogP contribution >= 0.6 is 11.3 Å². The van der Waals surface area contributed by atoms with E-state index < -0.39 is 58.7 Å². The van der Waals surface area contributed by atoms with Gasteiger partial charge in [-0.25, -0.2) is 4.98 Å². The molecule has 0 bridgehead atoms. The molecular formula is C17H7F17N2OS. The van der Waals surface area contributed by atoms with Gasteiger partial charge < -0.3 is 0 Å². The lowest BCUT2D eigenvalue weighted by atomic mass is 9.89. The van der Waals surface area contributed by atoms with Crippen LogP contribution in [-0.4, -0.2) is 58.5 Å². The summed E-state index contributed by atoms with van der Waals surface area (Å²) in [5, 5.41) is -0.277. The van der Waals surface area contributed by atoms with Gasteiger partial charge in [0.15, 0.2) is 5.13 Å². The molecule has 38 heavy (non-hydrogen) atoms. The van der Waals surface area contributed by atoms with Gasteiger partial charge in [-0.1, -0.05) is 17.4 Å². The molecular weight excluding hydrogens is 603 g/mol. The van der Waals surface area contributed by atoms with Crippen LogP contribution in [0.4, 0.5) is 79.8 Å². The van der Waals surface area contributed by atoms with Gasteiger partial charge in [0, 0.05) is 0 Å². The number of rotatable bonds is 8. The maximum atomic E-state index is 14.0. The fraction of sp³-hybridized carbons (Fsp3) is 0.529. The molecule has 0 saturated carbocycles. The Kier molecular flexibility index (Phi) is 7.24. The van der Waals surface area contributed by atoms with Crippen molar-refractivity contribution in [1.29, 1.82) is 0 Å². The van der Waals surface area contributed by atoms with Gasteiger partial charge in [0.2, 0.25) is 0 Å². The predicted octanol–water partition coefficient (Wildman–Crippen LogP) is 7.55. The molecule has 0 aliphatic rings. The SMILES string of the molecule is Cc1ccc2nc(NC(=O)C(F)(F)C(F)(F)C(F)(F)C(F)(F)C(F)(F)C(F)(F)C(F)(F)C(F)(F)F)sc2c1. The molecule has 0 aliphatic heterocycles. The van der Waals surface area contributed by atoms with Crippen LogP contribution in [0.1, 0.15) is 5.56 Å². The quantitative estimate of drug-likeness (QED) is 0.314. The van der Waals surface area contributed by atoms with Crippen LogP contribution in [0.15, 0.2) is 18.2 Å². The topological polar surface area (TPSA) is 42.0 Å². The molecule has 3 nitrogen and oxygen atoms in total. The zero-order chi connectivity index (χ0) is 30.1. The van der Waals surface area contributed by atoms with Gasteiger partial charge in [-0.3, -0.25) is 10.1 Å². The number of aromatic nitrogens is 1.